The number of nitrogens with one attached hydrogen (secondary N) is 2. The van der Waals surface area contributed by atoms with Crippen molar-refractivity contribution >= 4 is 33.9 Å². The summed E-state index contributed by atoms with van der Waals surface area (Å²) in [5, 5.41) is 12.6. The first kappa shape index (κ1) is 19.4. The second kappa shape index (κ2) is 9.55. The zero-order chi connectivity index (χ0) is 18.4. The molecule has 8 heteroatoms. The van der Waals surface area contributed by atoms with E-state index in [0.29, 0.717) is 6.10 Å². The van der Waals surface area contributed by atoms with Gasteiger partial charge < -0.3 is 19.7 Å². The Hall–Kier alpha value is -1.35. The van der Waals surface area contributed by atoms with Crippen molar-refractivity contribution in [1.29, 1.82) is 0 Å². The molecular weight excluding hydrogens is 368 g/mol. The van der Waals surface area contributed by atoms with Crippen molar-refractivity contribution in [1.82, 2.24) is 10.2 Å². The quantitative estimate of drug-likeness (QED) is 0.669. The molecule has 2 aromatic rings. The van der Waals surface area contributed by atoms with Gasteiger partial charge in [0.25, 0.3) is 0 Å². The van der Waals surface area contributed by atoms with Crippen LogP contribution in [0.2, 0.25) is 0 Å². The molecule has 1 aromatic carbocycles. The minimum Gasteiger partial charge on any atom is -0.497 e. The lowest BCUT2D eigenvalue weighted by Gasteiger charge is -2.30. The molecule has 0 bridgehead atoms. The Bertz CT molecular complexity index is 678. The van der Waals surface area contributed by atoms with E-state index in [1.807, 2.05) is 24.3 Å². The zero-order valence-corrected chi connectivity index (χ0v) is 17.2. The van der Waals surface area contributed by atoms with Gasteiger partial charge in [-0.3, -0.25) is 0 Å². The molecule has 2 atom stereocenters. The third-order valence-corrected chi connectivity index (χ3v) is 6.27. The van der Waals surface area contributed by atoms with Crippen LogP contribution in [0.4, 0.5) is 10.8 Å². The van der Waals surface area contributed by atoms with Gasteiger partial charge in [-0.05, 0) is 24.3 Å². The number of methoxy groups -OCH3 is 1. The predicted octanol–water partition coefficient (Wildman–Crippen LogP) is 2.32. The van der Waals surface area contributed by atoms with Crippen LogP contribution in [0.15, 0.2) is 28.6 Å². The first-order chi connectivity index (χ1) is 12.6. The molecule has 0 spiro atoms. The van der Waals surface area contributed by atoms with Gasteiger partial charge in [0.05, 0.1) is 20.3 Å². The summed E-state index contributed by atoms with van der Waals surface area (Å²) in [6.07, 6.45) is 0.296. The molecule has 0 aliphatic carbocycles. The maximum Gasteiger partial charge on any atom is 0.210 e. The summed E-state index contributed by atoms with van der Waals surface area (Å²) < 4.78 is 12.1. The molecule has 1 unspecified atom stereocenters. The van der Waals surface area contributed by atoms with Crippen molar-refractivity contribution in [2.24, 2.45) is 5.92 Å². The minimum atomic E-state index is 0.296. The molecule has 142 valence electrons. The number of anilines is 2. The van der Waals surface area contributed by atoms with Gasteiger partial charge in [-0.15, -0.1) is 10.2 Å². The van der Waals surface area contributed by atoms with Crippen molar-refractivity contribution in [2.45, 2.75) is 24.3 Å². The van der Waals surface area contributed by atoms with E-state index in [-0.39, 0.29) is 0 Å². The van der Waals surface area contributed by atoms with Gasteiger partial charge in [0.2, 0.25) is 5.13 Å². The van der Waals surface area contributed by atoms with E-state index in [1.54, 1.807) is 35.1 Å². The molecule has 26 heavy (non-hydrogen) atoms. The second-order valence-electron chi connectivity index (χ2n) is 6.83. The van der Waals surface area contributed by atoms with E-state index >= 15 is 0 Å². The summed E-state index contributed by atoms with van der Waals surface area (Å²) in [4.78, 5) is 1.65. The highest BCUT2D eigenvalue weighted by molar-refractivity contribution is 8.01. The molecule has 3 rings (SSSR count). The molecule has 1 aliphatic heterocycles. The number of quaternary nitrogens is 1. The number of rotatable bonds is 8. The Morgan fingerprint density at radius 2 is 2.15 bits per heavy atom. The smallest absolute Gasteiger partial charge is 0.210 e. The third-order valence-electron chi connectivity index (χ3n) is 4.16. The number of morpholine rings is 1. The van der Waals surface area contributed by atoms with Gasteiger partial charge in [0.15, 0.2) is 4.34 Å². The van der Waals surface area contributed by atoms with E-state index in [0.717, 1.165) is 52.3 Å². The lowest BCUT2D eigenvalue weighted by Crippen LogP contribution is -3.15. The molecule has 1 aromatic heterocycles. The van der Waals surface area contributed by atoms with Gasteiger partial charge >= 0.3 is 0 Å². The maximum atomic E-state index is 5.92. The van der Waals surface area contributed by atoms with Crippen LogP contribution in [0, 0.1) is 5.92 Å². The van der Waals surface area contributed by atoms with Gasteiger partial charge in [0.1, 0.15) is 24.9 Å². The van der Waals surface area contributed by atoms with Crippen LogP contribution in [-0.4, -0.2) is 55.4 Å². The topological polar surface area (TPSA) is 60.7 Å². The fourth-order valence-corrected chi connectivity index (χ4v) is 4.82. The molecule has 1 fully saturated rings. The number of aromatic nitrogens is 2. The monoisotopic (exact) mass is 395 g/mol. The van der Waals surface area contributed by atoms with Gasteiger partial charge in [0, 0.05) is 17.4 Å². The normalized spacial score (nSPS) is 20.3. The number of hydrogen-bond acceptors (Lipinski definition) is 7. The molecule has 0 saturated carbocycles. The van der Waals surface area contributed by atoms with E-state index in [9.17, 15) is 0 Å². The largest absolute Gasteiger partial charge is 0.497 e. The summed E-state index contributed by atoms with van der Waals surface area (Å²) in [5.41, 5.74) is 0.974. The number of benzene rings is 1. The van der Waals surface area contributed by atoms with Crippen LogP contribution >= 0.6 is 23.1 Å². The van der Waals surface area contributed by atoms with Crippen molar-refractivity contribution in [3.8, 4) is 5.75 Å². The SMILES string of the molecule is COc1ccc(Nc2nnc(SC[C@H]3C[NH+](CC(C)C)CCO3)s2)cc1. The number of ether oxygens (including phenoxy) is 2. The molecule has 0 amide bonds. The minimum absolute atomic E-state index is 0.296. The molecule has 2 N–H and O–H groups in total. The third kappa shape index (κ3) is 5.84. The standard InChI is InChI=1S/C18H26N4O2S2/c1-13(2)10-22-8-9-24-16(11-22)12-25-18-21-20-17(26-18)19-14-4-6-15(23-3)7-5-14/h4-7,13,16H,8-12H2,1-3H3,(H,19,20)/p+1/t16-/m1/s1. The first-order valence-corrected chi connectivity index (χ1v) is 10.7. The van der Waals surface area contributed by atoms with Gasteiger partial charge in [-0.1, -0.05) is 36.9 Å². The lowest BCUT2D eigenvalue weighted by molar-refractivity contribution is -0.914. The Morgan fingerprint density at radius 3 is 2.88 bits per heavy atom. The van der Waals surface area contributed by atoms with E-state index in [2.05, 4.69) is 29.4 Å². The highest BCUT2D eigenvalue weighted by atomic mass is 32.2. The van der Waals surface area contributed by atoms with Gasteiger partial charge in [-0.25, -0.2) is 0 Å². The maximum absolute atomic E-state index is 5.92. The number of thioether (sulfide) groups is 1. The van der Waals surface area contributed by atoms with Crippen LogP contribution in [0.25, 0.3) is 0 Å². The Balaban J connectivity index is 1.47. The number of nitrogens with zero attached hydrogens (tertiary/aromatic N) is 2. The van der Waals surface area contributed by atoms with Crippen LogP contribution < -0.4 is 15.0 Å². The average molecular weight is 396 g/mol. The van der Waals surface area contributed by atoms with Crippen LogP contribution in [0.1, 0.15) is 13.8 Å². The highest BCUT2D eigenvalue weighted by Gasteiger charge is 2.24. The molecular formula is C18H27N4O2S2+. The van der Waals surface area contributed by atoms with Crippen LogP contribution in [0.5, 0.6) is 5.75 Å². The fourth-order valence-electron chi connectivity index (χ4n) is 3.00. The second-order valence-corrected chi connectivity index (χ2v) is 9.08. The first-order valence-electron chi connectivity index (χ1n) is 8.95. The van der Waals surface area contributed by atoms with E-state index in [1.165, 1.54) is 6.54 Å². The Kier molecular flexibility index (Phi) is 7.13. The molecule has 6 nitrogen and oxygen atoms in total. The van der Waals surface area contributed by atoms with Crippen molar-refractivity contribution < 1.29 is 14.4 Å². The summed E-state index contributed by atoms with van der Waals surface area (Å²) in [7, 11) is 1.66. The predicted molar refractivity (Wildman–Crippen MR) is 107 cm³/mol. The summed E-state index contributed by atoms with van der Waals surface area (Å²) in [6.45, 7) is 8.84. The van der Waals surface area contributed by atoms with E-state index in [4.69, 9.17) is 9.47 Å². The fraction of sp³-hybridized carbons (Fsp3) is 0.556. The van der Waals surface area contributed by atoms with Crippen LogP contribution in [-0.2, 0) is 4.74 Å². The number of hydrogen-bond donors (Lipinski definition) is 2. The molecule has 0 radical (unpaired) electrons. The summed E-state index contributed by atoms with van der Waals surface area (Å²) >= 11 is 3.31. The Labute approximate surface area is 163 Å². The summed E-state index contributed by atoms with van der Waals surface area (Å²) in [5.74, 6) is 2.50. The van der Waals surface area contributed by atoms with Gasteiger partial charge in [-0.2, -0.15) is 0 Å². The van der Waals surface area contributed by atoms with Crippen molar-refractivity contribution in [2.75, 3.05) is 44.4 Å². The summed E-state index contributed by atoms with van der Waals surface area (Å²) in [6, 6.07) is 7.78. The highest BCUT2D eigenvalue weighted by Crippen LogP contribution is 2.28. The molecule has 1 saturated heterocycles. The Morgan fingerprint density at radius 1 is 1.35 bits per heavy atom. The lowest BCUT2D eigenvalue weighted by atomic mass is 10.2. The van der Waals surface area contributed by atoms with Crippen LogP contribution in [0.3, 0.4) is 0 Å². The molecule has 1 aliphatic rings. The van der Waals surface area contributed by atoms with E-state index < -0.39 is 0 Å². The zero-order valence-electron chi connectivity index (χ0n) is 15.5. The van der Waals surface area contributed by atoms with Crippen molar-refractivity contribution in [3.05, 3.63) is 24.3 Å². The average Bonchev–Trinajstić information content (AvgIpc) is 3.08. The molecule has 2 heterocycles. The van der Waals surface area contributed by atoms with Crippen molar-refractivity contribution in [3.63, 3.8) is 0 Å².